The summed E-state index contributed by atoms with van der Waals surface area (Å²) in [4.78, 5) is 2.40. The molecule has 0 radical (unpaired) electrons. The molecule has 3 nitrogen and oxygen atoms in total. The lowest BCUT2D eigenvalue weighted by atomic mass is 9.93. The molecule has 1 saturated heterocycles. The highest BCUT2D eigenvalue weighted by Crippen LogP contribution is 2.16. The van der Waals surface area contributed by atoms with Crippen LogP contribution in [0.25, 0.3) is 0 Å². The van der Waals surface area contributed by atoms with Gasteiger partial charge in [-0.2, -0.15) is 0 Å². The van der Waals surface area contributed by atoms with E-state index in [9.17, 15) is 0 Å². The smallest absolute Gasteiger partial charge is 0.0190 e. The Labute approximate surface area is 88.0 Å². The monoisotopic (exact) mass is 199 g/mol. The van der Waals surface area contributed by atoms with E-state index in [0.717, 1.165) is 5.92 Å². The normalized spacial score (nSPS) is 34.1. The summed E-state index contributed by atoms with van der Waals surface area (Å²) < 4.78 is 0. The minimum Gasteiger partial charge on any atom is -0.327 e. The molecule has 0 aromatic heterocycles. The molecule has 4 unspecified atom stereocenters. The van der Waals surface area contributed by atoms with Crippen molar-refractivity contribution in [2.24, 2.45) is 11.7 Å². The van der Waals surface area contributed by atoms with Gasteiger partial charge in [0.1, 0.15) is 0 Å². The van der Waals surface area contributed by atoms with Gasteiger partial charge in [-0.1, -0.05) is 6.92 Å². The van der Waals surface area contributed by atoms with Crippen LogP contribution in [0.5, 0.6) is 0 Å². The van der Waals surface area contributed by atoms with Crippen molar-refractivity contribution in [3.8, 4) is 0 Å². The topological polar surface area (TPSA) is 41.3 Å². The van der Waals surface area contributed by atoms with E-state index in [-0.39, 0.29) is 6.04 Å². The van der Waals surface area contributed by atoms with Crippen molar-refractivity contribution in [1.29, 1.82) is 0 Å². The number of nitrogens with two attached hydrogens (primary N) is 1. The Balaban J connectivity index is 2.37. The van der Waals surface area contributed by atoms with Gasteiger partial charge in [-0.25, -0.2) is 0 Å². The fourth-order valence-corrected chi connectivity index (χ4v) is 2.09. The zero-order chi connectivity index (χ0) is 10.7. The highest BCUT2D eigenvalue weighted by Gasteiger charge is 2.25. The molecular formula is C11H25N3. The third-order valence-corrected chi connectivity index (χ3v) is 3.37. The summed E-state index contributed by atoms with van der Waals surface area (Å²) in [5, 5.41) is 3.64. The summed E-state index contributed by atoms with van der Waals surface area (Å²) in [5.74, 6) is 0.731. The van der Waals surface area contributed by atoms with Gasteiger partial charge in [0.15, 0.2) is 0 Å². The van der Waals surface area contributed by atoms with Crippen LogP contribution >= 0.6 is 0 Å². The zero-order valence-electron chi connectivity index (χ0n) is 9.96. The van der Waals surface area contributed by atoms with Gasteiger partial charge in [0.05, 0.1) is 0 Å². The number of rotatable bonds is 3. The molecule has 0 saturated carbocycles. The standard InChI is InChI=1S/C11H25N3/c1-8-7-14(4)6-5-11(8)13-10(3)9(2)12/h8-11,13H,5-7,12H2,1-4H3. The van der Waals surface area contributed by atoms with E-state index in [1.54, 1.807) is 0 Å². The van der Waals surface area contributed by atoms with E-state index in [4.69, 9.17) is 5.73 Å². The molecule has 3 N–H and O–H groups in total. The van der Waals surface area contributed by atoms with Crippen LogP contribution in [0.3, 0.4) is 0 Å². The number of nitrogens with one attached hydrogen (secondary N) is 1. The first-order chi connectivity index (χ1) is 6.50. The lowest BCUT2D eigenvalue weighted by molar-refractivity contribution is 0.165. The highest BCUT2D eigenvalue weighted by molar-refractivity contribution is 4.85. The van der Waals surface area contributed by atoms with E-state index >= 15 is 0 Å². The lowest BCUT2D eigenvalue weighted by Crippen LogP contribution is -2.53. The van der Waals surface area contributed by atoms with Crippen molar-refractivity contribution in [3.63, 3.8) is 0 Å². The number of hydrogen-bond acceptors (Lipinski definition) is 3. The second kappa shape index (κ2) is 5.10. The average molecular weight is 199 g/mol. The summed E-state index contributed by atoms with van der Waals surface area (Å²) in [6.45, 7) is 8.96. The van der Waals surface area contributed by atoms with Gasteiger partial charge in [0, 0.05) is 24.7 Å². The molecule has 14 heavy (non-hydrogen) atoms. The van der Waals surface area contributed by atoms with E-state index in [2.05, 4.69) is 38.0 Å². The van der Waals surface area contributed by atoms with Gasteiger partial charge in [0.25, 0.3) is 0 Å². The van der Waals surface area contributed by atoms with Crippen LogP contribution in [0.2, 0.25) is 0 Å². The van der Waals surface area contributed by atoms with Gasteiger partial charge >= 0.3 is 0 Å². The van der Waals surface area contributed by atoms with Gasteiger partial charge in [-0.05, 0) is 39.8 Å². The average Bonchev–Trinajstić information content (AvgIpc) is 2.09. The van der Waals surface area contributed by atoms with Crippen LogP contribution < -0.4 is 11.1 Å². The van der Waals surface area contributed by atoms with Crippen molar-refractivity contribution in [2.75, 3.05) is 20.1 Å². The fourth-order valence-electron chi connectivity index (χ4n) is 2.09. The van der Waals surface area contributed by atoms with Crippen LogP contribution in [-0.2, 0) is 0 Å². The van der Waals surface area contributed by atoms with Gasteiger partial charge in [0.2, 0.25) is 0 Å². The molecule has 4 atom stereocenters. The molecule has 0 bridgehead atoms. The molecule has 0 aromatic rings. The maximum Gasteiger partial charge on any atom is 0.0190 e. The number of piperidine rings is 1. The Morgan fingerprint density at radius 3 is 2.57 bits per heavy atom. The quantitative estimate of drug-likeness (QED) is 0.701. The lowest BCUT2D eigenvalue weighted by Gasteiger charge is -2.37. The molecule has 1 aliphatic rings. The van der Waals surface area contributed by atoms with E-state index in [1.165, 1.54) is 19.5 Å². The molecule has 1 rings (SSSR count). The Bertz CT molecular complexity index is 170. The molecular weight excluding hydrogens is 174 g/mol. The predicted octanol–water partition coefficient (Wildman–Crippen LogP) is 0.652. The maximum atomic E-state index is 5.85. The first-order valence-corrected chi connectivity index (χ1v) is 5.71. The third kappa shape index (κ3) is 3.23. The predicted molar refractivity (Wildman–Crippen MR) is 61.3 cm³/mol. The van der Waals surface area contributed by atoms with Crippen LogP contribution in [-0.4, -0.2) is 43.2 Å². The first kappa shape index (κ1) is 12.0. The largest absolute Gasteiger partial charge is 0.327 e. The van der Waals surface area contributed by atoms with Gasteiger partial charge in [-0.3, -0.25) is 0 Å². The van der Waals surface area contributed by atoms with E-state index in [1.807, 2.05) is 0 Å². The summed E-state index contributed by atoms with van der Waals surface area (Å²) in [6.07, 6.45) is 1.24. The molecule has 0 amide bonds. The van der Waals surface area contributed by atoms with Crippen LogP contribution in [0.15, 0.2) is 0 Å². The van der Waals surface area contributed by atoms with E-state index in [0.29, 0.717) is 12.1 Å². The Hall–Kier alpha value is -0.120. The van der Waals surface area contributed by atoms with Crippen molar-refractivity contribution < 1.29 is 0 Å². The minimum absolute atomic E-state index is 0.238. The minimum atomic E-state index is 0.238. The molecule has 0 aromatic carbocycles. The summed E-state index contributed by atoms with van der Waals surface area (Å²) in [5.41, 5.74) is 5.85. The first-order valence-electron chi connectivity index (χ1n) is 5.71. The number of likely N-dealkylation sites (tertiary alicyclic amines) is 1. The highest BCUT2D eigenvalue weighted by atomic mass is 15.1. The molecule has 0 aliphatic carbocycles. The van der Waals surface area contributed by atoms with Crippen LogP contribution in [0.4, 0.5) is 0 Å². The molecule has 3 heteroatoms. The number of hydrogen-bond donors (Lipinski definition) is 2. The van der Waals surface area contributed by atoms with Crippen molar-refractivity contribution in [2.45, 2.75) is 45.3 Å². The second-order valence-electron chi connectivity index (χ2n) is 4.95. The Morgan fingerprint density at radius 1 is 1.43 bits per heavy atom. The second-order valence-corrected chi connectivity index (χ2v) is 4.95. The zero-order valence-corrected chi connectivity index (χ0v) is 9.96. The molecule has 1 heterocycles. The Kier molecular flexibility index (Phi) is 4.35. The molecule has 1 aliphatic heterocycles. The van der Waals surface area contributed by atoms with Gasteiger partial charge < -0.3 is 16.0 Å². The summed E-state index contributed by atoms with van der Waals surface area (Å²) in [7, 11) is 2.20. The third-order valence-electron chi connectivity index (χ3n) is 3.37. The molecule has 1 fully saturated rings. The van der Waals surface area contributed by atoms with Gasteiger partial charge in [-0.15, -0.1) is 0 Å². The molecule has 0 spiro atoms. The van der Waals surface area contributed by atoms with Crippen LogP contribution in [0, 0.1) is 5.92 Å². The maximum absolute atomic E-state index is 5.85. The Morgan fingerprint density at radius 2 is 2.07 bits per heavy atom. The number of nitrogens with zero attached hydrogens (tertiary/aromatic N) is 1. The van der Waals surface area contributed by atoms with Crippen molar-refractivity contribution in [1.82, 2.24) is 10.2 Å². The molecule has 84 valence electrons. The SMILES string of the molecule is CC(N)C(C)NC1CCN(C)CC1C. The summed E-state index contributed by atoms with van der Waals surface area (Å²) in [6, 6.07) is 1.31. The van der Waals surface area contributed by atoms with E-state index < -0.39 is 0 Å². The summed E-state index contributed by atoms with van der Waals surface area (Å²) >= 11 is 0. The van der Waals surface area contributed by atoms with Crippen molar-refractivity contribution >= 4 is 0 Å². The van der Waals surface area contributed by atoms with Crippen LogP contribution in [0.1, 0.15) is 27.2 Å². The fraction of sp³-hybridized carbons (Fsp3) is 1.00. The van der Waals surface area contributed by atoms with Crippen molar-refractivity contribution in [3.05, 3.63) is 0 Å².